The van der Waals surface area contributed by atoms with Crippen molar-refractivity contribution in [2.75, 3.05) is 10.2 Å². The highest BCUT2D eigenvalue weighted by Gasteiger charge is 2.46. The van der Waals surface area contributed by atoms with Gasteiger partial charge >= 0.3 is 0 Å². The Morgan fingerprint density at radius 1 is 0.390 bits per heavy atom. The van der Waals surface area contributed by atoms with Crippen LogP contribution >= 0.6 is 0 Å². The number of allylic oxidation sites excluding steroid dienone is 5. The van der Waals surface area contributed by atoms with Gasteiger partial charge in [0.25, 0.3) is 0 Å². The summed E-state index contributed by atoms with van der Waals surface area (Å²) in [7, 11) is 0. The van der Waals surface area contributed by atoms with Crippen molar-refractivity contribution in [2.24, 2.45) is 0 Å². The predicted molar refractivity (Wildman–Crippen MR) is 327 cm³/mol. The zero-order valence-corrected chi connectivity index (χ0v) is 43.2. The Morgan fingerprint density at radius 3 is 1.52 bits per heavy atom. The third-order valence-electron chi connectivity index (χ3n) is 15.1. The zero-order chi connectivity index (χ0) is 52.0. The molecule has 77 heavy (non-hydrogen) atoms. The topological polar surface area (TPSA) is 15.3 Å². The van der Waals surface area contributed by atoms with Gasteiger partial charge in [0.1, 0.15) is 0 Å². The summed E-state index contributed by atoms with van der Waals surface area (Å²) in [6.45, 7) is 6.81. The number of benzene rings is 11. The molecule has 0 amide bonds. The summed E-state index contributed by atoms with van der Waals surface area (Å²) in [6, 6.07) is 102. The van der Waals surface area contributed by atoms with Crippen molar-refractivity contribution >= 4 is 28.4 Å². The smallest absolute Gasteiger partial charge is 0.0710 e. The SMILES string of the molecule is C=C1/C=C\C=C(\C)Cc2ccccc2C12c1ccccc1-c1ccccc12.c1ccc(-c2cccc(N(c3ccc(-c4ccc(Nc5ccccc5-c5ccccc5)cc4)cc3)c3ccccc3-c3ccccc3)c2)cc1. The van der Waals surface area contributed by atoms with Crippen LogP contribution < -0.4 is 10.2 Å². The molecule has 0 fully saturated rings. The molecular weight excluding hydrogens is 929 g/mol. The maximum Gasteiger partial charge on any atom is 0.0710 e. The van der Waals surface area contributed by atoms with Gasteiger partial charge in [-0.25, -0.2) is 0 Å². The van der Waals surface area contributed by atoms with E-state index in [0.29, 0.717) is 0 Å². The third kappa shape index (κ3) is 9.54. The number of rotatable bonds is 9. The molecule has 2 nitrogen and oxygen atoms in total. The number of hydrogen-bond donors (Lipinski definition) is 1. The van der Waals surface area contributed by atoms with Crippen LogP contribution in [-0.2, 0) is 11.8 Å². The molecule has 368 valence electrons. The molecule has 0 saturated carbocycles. The van der Waals surface area contributed by atoms with Crippen molar-refractivity contribution < 1.29 is 0 Å². The molecule has 1 spiro atoms. The van der Waals surface area contributed by atoms with E-state index in [2.05, 4.69) is 327 Å². The Labute approximate surface area is 454 Å². The van der Waals surface area contributed by atoms with E-state index in [4.69, 9.17) is 0 Å². The molecule has 0 aromatic heterocycles. The van der Waals surface area contributed by atoms with Crippen LogP contribution in [0, 0.1) is 0 Å². The maximum atomic E-state index is 4.60. The van der Waals surface area contributed by atoms with Crippen molar-refractivity contribution in [3.05, 3.63) is 343 Å². The Morgan fingerprint density at radius 2 is 0.870 bits per heavy atom. The average molecular weight is 987 g/mol. The van der Waals surface area contributed by atoms with E-state index in [1.807, 2.05) is 0 Å². The van der Waals surface area contributed by atoms with Crippen LogP contribution in [-0.4, -0.2) is 0 Å². The first-order chi connectivity index (χ1) is 38.0. The molecule has 11 aromatic rings. The van der Waals surface area contributed by atoms with Gasteiger partial charge in [0.05, 0.1) is 11.1 Å². The molecule has 0 bridgehead atoms. The lowest BCUT2D eigenvalue weighted by Crippen LogP contribution is -2.29. The van der Waals surface area contributed by atoms with Crippen molar-refractivity contribution in [2.45, 2.75) is 18.8 Å². The Balaban J connectivity index is 0.000000185. The Hall–Kier alpha value is -9.76. The predicted octanol–water partition coefficient (Wildman–Crippen LogP) is 20.2. The fourth-order valence-corrected chi connectivity index (χ4v) is 11.5. The average Bonchev–Trinajstić information content (AvgIpc) is 3.84. The van der Waals surface area contributed by atoms with Gasteiger partial charge in [0, 0.05) is 33.9 Å². The molecule has 0 saturated heterocycles. The first-order valence-corrected chi connectivity index (χ1v) is 26.6. The van der Waals surface area contributed by atoms with E-state index in [1.54, 1.807) is 0 Å². The minimum absolute atomic E-state index is 0.335. The van der Waals surface area contributed by atoms with Gasteiger partial charge < -0.3 is 10.2 Å². The molecule has 0 radical (unpaired) electrons. The molecular formula is C75H58N2. The first-order valence-electron chi connectivity index (χ1n) is 26.6. The molecule has 1 N–H and O–H groups in total. The molecule has 2 aliphatic rings. The highest BCUT2D eigenvalue weighted by molar-refractivity contribution is 5.90. The van der Waals surface area contributed by atoms with Gasteiger partial charge in [0.15, 0.2) is 0 Å². The van der Waals surface area contributed by atoms with Crippen molar-refractivity contribution in [3.63, 3.8) is 0 Å². The van der Waals surface area contributed by atoms with Gasteiger partial charge in [-0.05, 0) is 134 Å². The highest BCUT2D eigenvalue weighted by atomic mass is 15.1. The summed E-state index contributed by atoms with van der Waals surface area (Å²) in [5.74, 6) is 0. The Kier molecular flexibility index (Phi) is 13.5. The number of fused-ring (bicyclic) bond motifs is 7. The summed E-state index contributed by atoms with van der Waals surface area (Å²) < 4.78 is 0. The second-order valence-corrected chi connectivity index (χ2v) is 19.9. The quantitative estimate of drug-likeness (QED) is 0.155. The van der Waals surface area contributed by atoms with Crippen LogP contribution in [0.1, 0.15) is 29.2 Å². The number of nitrogens with zero attached hydrogens (tertiary/aromatic N) is 1. The molecule has 2 heteroatoms. The zero-order valence-electron chi connectivity index (χ0n) is 43.2. The van der Waals surface area contributed by atoms with E-state index in [0.717, 1.165) is 40.4 Å². The second-order valence-electron chi connectivity index (χ2n) is 19.9. The van der Waals surface area contributed by atoms with Crippen LogP contribution in [0.2, 0.25) is 0 Å². The van der Waals surface area contributed by atoms with E-state index >= 15 is 0 Å². The number of para-hydroxylation sites is 2. The fraction of sp³-hybridized carbons (Fsp3) is 0.0400. The molecule has 11 aromatic carbocycles. The fourth-order valence-electron chi connectivity index (χ4n) is 11.5. The second kappa shape index (κ2) is 21.6. The maximum absolute atomic E-state index is 4.60. The number of anilines is 5. The van der Waals surface area contributed by atoms with Crippen LogP contribution in [0.5, 0.6) is 0 Å². The molecule has 13 rings (SSSR count). The van der Waals surface area contributed by atoms with Crippen LogP contribution in [0.15, 0.2) is 321 Å². The van der Waals surface area contributed by atoms with Crippen LogP contribution in [0.25, 0.3) is 55.6 Å². The monoisotopic (exact) mass is 986 g/mol. The van der Waals surface area contributed by atoms with Gasteiger partial charge in [-0.15, -0.1) is 0 Å². The van der Waals surface area contributed by atoms with Gasteiger partial charge in [-0.3, -0.25) is 0 Å². The summed E-state index contributed by atoms with van der Waals surface area (Å²) in [5, 5.41) is 3.64. The largest absolute Gasteiger partial charge is 0.355 e. The lowest BCUT2D eigenvalue weighted by atomic mass is 9.66. The van der Waals surface area contributed by atoms with Gasteiger partial charge in [-0.1, -0.05) is 267 Å². The summed E-state index contributed by atoms with van der Waals surface area (Å²) >= 11 is 0. The van der Waals surface area contributed by atoms with Crippen molar-refractivity contribution in [3.8, 4) is 55.6 Å². The molecule has 0 heterocycles. The summed E-state index contributed by atoms with van der Waals surface area (Å²) in [4.78, 5) is 2.37. The standard InChI is InChI=1S/C48H36N2.C27H22/c1-4-15-36(16-5-1)41-21-14-22-44(35-41)50(48-26-13-11-24-46(48)40-19-8-3-9-20-40)43-33-29-38(30-34-43)37-27-31-42(32-28-37)49-47-25-12-10-23-45(47)39-17-6-2-7-18-39;1-19-10-9-11-20(2)27(24-15-6-3-12-21(24)18-19)25-16-7-4-13-22(25)23-14-5-8-17-26(23)27/h1-35,49H;3-17H,2,18H2,1H3/b;11-9-,19-10-. The summed E-state index contributed by atoms with van der Waals surface area (Å²) in [5.41, 5.74) is 25.1. The number of nitrogens with one attached hydrogen (secondary N) is 1. The third-order valence-corrected chi connectivity index (χ3v) is 15.1. The molecule has 0 aliphatic heterocycles. The van der Waals surface area contributed by atoms with E-state index in [1.165, 1.54) is 83.5 Å². The van der Waals surface area contributed by atoms with E-state index in [-0.39, 0.29) is 5.41 Å². The summed E-state index contributed by atoms with van der Waals surface area (Å²) in [6.07, 6.45) is 7.53. The first kappa shape index (κ1) is 48.2. The lowest BCUT2D eigenvalue weighted by molar-refractivity contribution is 0.758. The number of hydrogen-bond acceptors (Lipinski definition) is 2. The van der Waals surface area contributed by atoms with Crippen LogP contribution in [0.3, 0.4) is 0 Å². The van der Waals surface area contributed by atoms with Gasteiger partial charge in [-0.2, -0.15) is 0 Å². The van der Waals surface area contributed by atoms with Crippen molar-refractivity contribution in [1.29, 1.82) is 0 Å². The van der Waals surface area contributed by atoms with Crippen LogP contribution in [0.4, 0.5) is 28.4 Å². The Bertz CT molecular complexity index is 3880. The minimum Gasteiger partial charge on any atom is -0.355 e. The normalized spacial score (nSPS) is 13.9. The molecule has 2 aliphatic carbocycles. The lowest BCUT2D eigenvalue weighted by Gasteiger charge is -2.35. The van der Waals surface area contributed by atoms with E-state index < -0.39 is 0 Å². The minimum atomic E-state index is -0.335. The molecule has 0 unspecified atom stereocenters. The van der Waals surface area contributed by atoms with Gasteiger partial charge in [0.2, 0.25) is 0 Å². The molecule has 0 atom stereocenters. The van der Waals surface area contributed by atoms with E-state index in [9.17, 15) is 0 Å². The highest BCUT2D eigenvalue weighted by Crippen LogP contribution is 2.57. The van der Waals surface area contributed by atoms with Crippen molar-refractivity contribution in [1.82, 2.24) is 0 Å².